The summed E-state index contributed by atoms with van der Waals surface area (Å²) in [5.41, 5.74) is 0.564. The minimum atomic E-state index is 0.241. The SMILES string of the molecule is CC1(C2CC2)CN(Cc2ccc(Br)s2)C(C)(C)CN1. The van der Waals surface area contributed by atoms with Crippen LogP contribution in [0.4, 0.5) is 0 Å². The van der Waals surface area contributed by atoms with Crippen LogP contribution in [0.2, 0.25) is 0 Å². The quantitative estimate of drug-likeness (QED) is 0.896. The van der Waals surface area contributed by atoms with Crippen molar-refractivity contribution in [1.82, 2.24) is 10.2 Å². The Morgan fingerprint density at radius 3 is 2.68 bits per heavy atom. The molecule has 2 fully saturated rings. The second kappa shape index (κ2) is 4.83. The molecule has 2 aliphatic rings. The molecule has 1 aromatic rings. The number of rotatable bonds is 3. The van der Waals surface area contributed by atoms with Gasteiger partial charge in [-0.2, -0.15) is 0 Å². The van der Waals surface area contributed by atoms with Gasteiger partial charge in [0.15, 0.2) is 0 Å². The number of nitrogens with zero attached hydrogens (tertiary/aromatic N) is 1. The summed E-state index contributed by atoms with van der Waals surface area (Å²) in [6.45, 7) is 10.5. The molecule has 0 spiro atoms. The molecule has 1 saturated heterocycles. The monoisotopic (exact) mass is 342 g/mol. The number of hydrogen-bond donors (Lipinski definition) is 1. The highest BCUT2D eigenvalue weighted by Gasteiger charge is 2.48. The predicted molar refractivity (Wildman–Crippen MR) is 85.6 cm³/mol. The number of thiophene rings is 1. The van der Waals surface area contributed by atoms with Gasteiger partial charge in [0.25, 0.3) is 0 Å². The summed E-state index contributed by atoms with van der Waals surface area (Å²) in [5.74, 6) is 0.890. The van der Waals surface area contributed by atoms with Crippen LogP contribution in [0.5, 0.6) is 0 Å². The van der Waals surface area contributed by atoms with Gasteiger partial charge in [0.1, 0.15) is 0 Å². The van der Waals surface area contributed by atoms with Gasteiger partial charge < -0.3 is 5.32 Å². The maximum Gasteiger partial charge on any atom is 0.0701 e. The fourth-order valence-electron chi connectivity index (χ4n) is 3.09. The van der Waals surface area contributed by atoms with E-state index in [4.69, 9.17) is 0 Å². The van der Waals surface area contributed by atoms with Gasteiger partial charge in [-0.1, -0.05) is 0 Å². The first-order valence-electron chi connectivity index (χ1n) is 7.13. The Bertz CT molecular complexity index is 466. The van der Waals surface area contributed by atoms with Crippen LogP contribution in [-0.4, -0.2) is 29.1 Å². The van der Waals surface area contributed by atoms with E-state index in [-0.39, 0.29) is 5.54 Å². The first-order valence-corrected chi connectivity index (χ1v) is 8.74. The summed E-state index contributed by atoms with van der Waals surface area (Å²) < 4.78 is 1.24. The lowest BCUT2D eigenvalue weighted by atomic mass is 9.86. The van der Waals surface area contributed by atoms with Crippen molar-refractivity contribution in [2.24, 2.45) is 5.92 Å². The number of nitrogens with one attached hydrogen (secondary N) is 1. The molecule has 1 N–H and O–H groups in total. The molecule has 106 valence electrons. The number of piperazine rings is 1. The maximum atomic E-state index is 3.82. The molecule has 2 heterocycles. The number of hydrogen-bond acceptors (Lipinski definition) is 3. The van der Waals surface area contributed by atoms with Crippen molar-refractivity contribution in [3.63, 3.8) is 0 Å². The second-order valence-corrected chi connectivity index (χ2v) is 9.47. The van der Waals surface area contributed by atoms with Gasteiger partial charge in [-0.05, 0) is 67.6 Å². The third-order valence-corrected chi connectivity index (χ3v) is 6.36. The van der Waals surface area contributed by atoms with E-state index >= 15 is 0 Å². The zero-order chi connectivity index (χ0) is 13.7. The molecule has 1 unspecified atom stereocenters. The molecule has 0 bridgehead atoms. The average Bonchev–Trinajstić information content (AvgIpc) is 3.11. The first-order chi connectivity index (χ1) is 8.89. The molecule has 4 heteroatoms. The van der Waals surface area contributed by atoms with Gasteiger partial charge in [-0.25, -0.2) is 0 Å². The van der Waals surface area contributed by atoms with E-state index in [0.717, 1.165) is 19.0 Å². The third kappa shape index (κ3) is 2.92. The van der Waals surface area contributed by atoms with Crippen LogP contribution in [0.25, 0.3) is 0 Å². The minimum absolute atomic E-state index is 0.241. The molecule has 0 radical (unpaired) electrons. The van der Waals surface area contributed by atoms with Crippen LogP contribution in [-0.2, 0) is 6.54 Å². The topological polar surface area (TPSA) is 15.3 Å². The first kappa shape index (κ1) is 14.1. The molecule has 1 saturated carbocycles. The summed E-state index contributed by atoms with van der Waals surface area (Å²) in [6, 6.07) is 4.41. The fourth-order valence-corrected chi connectivity index (χ4v) is 4.58. The molecule has 19 heavy (non-hydrogen) atoms. The Kier molecular flexibility index (Phi) is 3.57. The van der Waals surface area contributed by atoms with Crippen molar-refractivity contribution in [3.05, 3.63) is 20.8 Å². The third-order valence-electron chi connectivity index (χ3n) is 4.75. The molecule has 3 rings (SSSR count). The van der Waals surface area contributed by atoms with Crippen LogP contribution in [0.15, 0.2) is 15.9 Å². The van der Waals surface area contributed by atoms with Crippen LogP contribution in [0.1, 0.15) is 38.5 Å². The molecular formula is C15H23BrN2S. The Morgan fingerprint density at radius 2 is 2.11 bits per heavy atom. The number of halogens is 1. The van der Waals surface area contributed by atoms with E-state index < -0.39 is 0 Å². The zero-order valence-electron chi connectivity index (χ0n) is 12.0. The lowest BCUT2D eigenvalue weighted by molar-refractivity contribution is 0.0186. The lowest BCUT2D eigenvalue weighted by Gasteiger charge is -2.51. The minimum Gasteiger partial charge on any atom is -0.308 e. The normalized spacial score (nSPS) is 31.6. The van der Waals surface area contributed by atoms with Crippen LogP contribution in [0.3, 0.4) is 0 Å². The van der Waals surface area contributed by atoms with E-state index in [0.29, 0.717) is 5.54 Å². The standard InChI is InChI=1S/C15H23BrN2S/c1-14(2)9-17-15(3,11-4-5-11)10-18(14)8-12-6-7-13(16)19-12/h6-7,11,17H,4-5,8-10H2,1-3H3. The van der Waals surface area contributed by atoms with Crippen molar-refractivity contribution >= 4 is 27.3 Å². The predicted octanol–water partition coefficient (Wildman–Crippen LogP) is 3.86. The van der Waals surface area contributed by atoms with E-state index in [2.05, 4.69) is 59.1 Å². The summed E-state index contributed by atoms with van der Waals surface area (Å²) in [6.07, 6.45) is 2.81. The smallest absolute Gasteiger partial charge is 0.0701 e. The van der Waals surface area contributed by atoms with Crippen molar-refractivity contribution < 1.29 is 0 Å². The Morgan fingerprint density at radius 1 is 1.37 bits per heavy atom. The van der Waals surface area contributed by atoms with Crippen molar-refractivity contribution in [2.75, 3.05) is 13.1 Å². The Balaban J connectivity index is 1.75. The highest BCUT2D eigenvalue weighted by Crippen LogP contribution is 2.43. The molecule has 1 atom stereocenters. The van der Waals surface area contributed by atoms with Crippen LogP contribution in [0, 0.1) is 5.92 Å². The molecule has 0 amide bonds. The largest absolute Gasteiger partial charge is 0.308 e. The highest BCUT2D eigenvalue weighted by atomic mass is 79.9. The summed E-state index contributed by atoms with van der Waals surface area (Å²) in [7, 11) is 0. The molecular weight excluding hydrogens is 320 g/mol. The van der Waals surface area contributed by atoms with E-state index in [9.17, 15) is 0 Å². The average molecular weight is 343 g/mol. The van der Waals surface area contributed by atoms with Gasteiger partial charge >= 0.3 is 0 Å². The van der Waals surface area contributed by atoms with Crippen molar-refractivity contribution in [1.29, 1.82) is 0 Å². The summed E-state index contributed by atoms with van der Waals surface area (Å²) in [5, 5.41) is 3.82. The van der Waals surface area contributed by atoms with Gasteiger partial charge in [0, 0.05) is 35.6 Å². The van der Waals surface area contributed by atoms with E-state index in [1.807, 2.05) is 11.3 Å². The van der Waals surface area contributed by atoms with Gasteiger partial charge in [0.05, 0.1) is 3.79 Å². The molecule has 2 nitrogen and oxygen atoms in total. The van der Waals surface area contributed by atoms with Gasteiger partial charge in [0.2, 0.25) is 0 Å². The molecule has 1 aliphatic heterocycles. The fraction of sp³-hybridized carbons (Fsp3) is 0.733. The lowest BCUT2D eigenvalue weighted by Crippen LogP contribution is -2.67. The summed E-state index contributed by atoms with van der Waals surface area (Å²) >= 11 is 5.43. The van der Waals surface area contributed by atoms with Crippen molar-refractivity contribution in [2.45, 2.75) is 51.2 Å². The van der Waals surface area contributed by atoms with Crippen molar-refractivity contribution in [3.8, 4) is 0 Å². The molecule has 1 aromatic heterocycles. The van der Waals surface area contributed by atoms with Crippen LogP contribution < -0.4 is 5.32 Å². The van der Waals surface area contributed by atoms with Gasteiger partial charge in [-0.15, -0.1) is 11.3 Å². The summed E-state index contributed by atoms with van der Waals surface area (Å²) in [4.78, 5) is 4.13. The van der Waals surface area contributed by atoms with Gasteiger partial charge in [-0.3, -0.25) is 4.90 Å². The molecule has 0 aromatic carbocycles. The zero-order valence-corrected chi connectivity index (χ0v) is 14.4. The second-order valence-electron chi connectivity index (χ2n) is 6.92. The maximum absolute atomic E-state index is 3.82. The van der Waals surface area contributed by atoms with Crippen LogP contribution >= 0.6 is 27.3 Å². The van der Waals surface area contributed by atoms with E-state index in [1.165, 1.54) is 28.0 Å². The molecule has 1 aliphatic carbocycles. The van der Waals surface area contributed by atoms with E-state index in [1.54, 1.807) is 0 Å². The Hall–Kier alpha value is 0.1000. The Labute approximate surface area is 128 Å². The highest BCUT2D eigenvalue weighted by molar-refractivity contribution is 9.11.